The molecule has 0 spiro atoms. The molecule has 90 valence electrons. The SMILES string of the molecule is CNC(C)Cc1coc(-c2ccc(O)cc2)n1. The summed E-state index contributed by atoms with van der Waals surface area (Å²) in [5.41, 5.74) is 1.79. The summed E-state index contributed by atoms with van der Waals surface area (Å²) >= 11 is 0. The molecule has 1 atom stereocenters. The van der Waals surface area contributed by atoms with Gasteiger partial charge in [0.25, 0.3) is 0 Å². The summed E-state index contributed by atoms with van der Waals surface area (Å²) in [4.78, 5) is 4.41. The van der Waals surface area contributed by atoms with Crippen molar-refractivity contribution in [1.29, 1.82) is 0 Å². The Labute approximate surface area is 100 Å². The average molecular weight is 232 g/mol. The molecular weight excluding hydrogens is 216 g/mol. The van der Waals surface area contributed by atoms with Crippen molar-refractivity contribution in [2.45, 2.75) is 19.4 Å². The van der Waals surface area contributed by atoms with Gasteiger partial charge in [-0.05, 0) is 38.2 Å². The maximum atomic E-state index is 9.20. The maximum absolute atomic E-state index is 9.20. The molecule has 1 aromatic heterocycles. The molecule has 0 bridgehead atoms. The van der Waals surface area contributed by atoms with E-state index >= 15 is 0 Å². The molecule has 1 aromatic carbocycles. The van der Waals surface area contributed by atoms with Crippen molar-refractivity contribution in [2.75, 3.05) is 7.05 Å². The number of phenolic OH excluding ortho intramolecular Hbond substituents is 1. The van der Waals surface area contributed by atoms with E-state index in [2.05, 4.69) is 17.2 Å². The third-order valence-corrected chi connectivity index (χ3v) is 2.67. The van der Waals surface area contributed by atoms with Gasteiger partial charge >= 0.3 is 0 Å². The largest absolute Gasteiger partial charge is 0.508 e. The smallest absolute Gasteiger partial charge is 0.226 e. The number of nitrogens with zero attached hydrogens (tertiary/aromatic N) is 1. The molecule has 4 nitrogen and oxygen atoms in total. The van der Waals surface area contributed by atoms with Gasteiger partial charge in [-0.25, -0.2) is 4.98 Å². The van der Waals surface area contributed by atoms with Crippen LogP contribution in [0.15, 0.2) is 34.9 Å². The second kappa shape index (κ2) is 5.01. The Hall–Kier alpha value is -1.81. The summed E-state index contributed by atoms with van der Waals surface area (Å²) < 4.78 is 5.42. The van der Waals surface area contributed by atoms with Crippen LogP contribution in [0.3, 0.4) is 0 Å². The molecule has 0 saturated heterocycles. The summed E-state index contributed by atoms with van der Waals surface area (Å²) in [5.74, 6) is 0.827. The zero-order valence-electron chi connectivity index (χ0n) is 9.97. The highest BCUT2D eigenvalue weighted by Crippen LogP contribution is 2.21. The van der Waals surface area contributed by atoms with E-state index in [9.17, 15) is 5.11 Å². The van der Waals surface area contributed by atoms with Gasteiger partial charge in [0.05, 0.1) is 5.69 Å². The number of rotatable bonds is 4. The summed E-state index contributed by atoms with van der Waals surface area (Å²) in [7, 11) is 1.92. The normalized spacial score (nSPS) is 12.6. The summed E-state index contributed by atoms with van der Waals surface area (Å²) in [5, 5.41) is 12.4. The van der Waals surface area contributed by atoms with E-state index in [4.69, 9.17) is 4.42 Å². The van der Waals surface area contributed by atoms with Crippen molar-refractivity contribution in [1.82, 2.24) is 10.3 Å². The fourth-order valence-electron chi connectivity index (χ4n) is 1.55. The van der Waals surface area contributed by atoms with Crippen LogP contribution in [0.5, 0.6) is 5.75 Å². The van der Waals surface area contributed by atoms with Crippen molar-refractivity contribution in [3.63, 3.8) is 0 Å². The van der Waals surface area contributed by atoms with Crippen LogP contribution in [0.25, 0.3) is 11.5 Å². The van der Waals surface area contributed by atoms with Crippen LogP contribution in [0.1, 0.15) is 12.6 Å². The molecule has 0 aliphatic heterocycles. The maximum Gasteiger partial charge on any atom is 0.226 e. The minimum absolute atomic E-state index is 0.240. The number of phenols is 1. The molecule has 0 saturated carbocycles. The highest BCUT2D eigenvalue weighted by atomic mass is 16.3. The van der Waals surface area contributed by atoms with Gasteiger partial charge in [0.15, 0.2) is 0 Å². The number of oxazole rings is 1. The zero-order chi connectivity index (χ0) is 12.3. The fourth-order valence-corrected chi connectivity index (χ4v) is 1.55. The average Bonchev–Trinajstić information content (AvgIpc) is 2.78. The molecule has 0 amide bonds. The highest BCUT2D eigenvalue weighted by molar-refractivity contribution is 5.54. The molecule has 2 N–H and O–H groups in total. The van der Waals surface area contributed by atoms with E-state index in [1.807, 2.05) is 7.05 Å². The quantitative estimate of drug-likeness (QED) is 0.848. The van der Waals surface area contributed by atoms with Gasteiger partial charge in [-0.3, -0.25) is 0 Å². The van der Waals surface area contributed by atoms with Crippen LogP contribution >= 0.6 is 0 Å². The Morgan fingerprint density at radius 1 is 1.35 bits per heavy atom. The first-order chi connectivity index (χ1) is 8.19. The molecule has 0 fully saturated rings. The molecule has 2 aromatic rings. The van der Waals surface area contributed by atoms with Crippen molar-refractivity contribution >= 4 is 0 Å². The van der Waals surface area contributed by atoms with E-state index in [-0.39, 0.29) is 5.75 Å². The van der Waals surface area contributed by atoms with Crippen LogP contribution in [0, 0.1) is 0 Å². The number of aromatic nitrogens is 1. The minimum atomic E-state index is 0.240. The standard InChI is InChI=1S/C13H16N2O2/c1-9(14-2)7-11-8-17-13(15-11)10-3-5-12(16)6-4-10/h3-6,8-9,14,16H,7H2,1-2H3. The van der Waals surface area contributed by atoms with Crippen molar-refractivity contribution in [3.8, 4) is 17.2 Å². The molecule has 0 radical (unpaired) electrons. The van der Waals surface area contributed by atoms with Gasteiger partial charge < -0.3 is 14.8 Å². The van der Waals surface area contributed by atoms with Crippen LogP contribution in [-0.4, -0.2) is 23.2 Å². The number of likely N-dealkylation sites (N-methyl/N-ethyl adjacent to an activating group) is 1. The lowest BCUT2D eigenvalue weighted by atomic mass is 10.2. The Kier molecular flexibility index (Phi) is 3.44. The van der Waals surface area contributed by atoms with Crippen LogP contribution in [-0.2, 0) is 6.42 Å². The Balaban J connectivity index is 2.15. The number of nitrogens with one attached hydrogen (secondary N) is 1. The van der Waals surface area contributed by atoms with Gasteiger partial charge in [-0.1, -0.05) is 0 Å². The molecule has 0 aliphatic carbocycles. The first-order valence-corrected chi connectivity index (χ1v) is 5.60. The highest BCUT2D eigenvalue weighted by Gasteiger charge is 2.08. The van der Waals surface area contributed by atoms with E-state index in [0.29, 0.717) is 11.9 Å². The molecular formula is C13H16N2O2. The topological polar surface area (TPSA) is 58.3 Å². The fraction of sp³-hybridized carbons (Fsp3) is 0.308. The van der Waals surface area contributed by atoms with Gasteiger partial charge in [0.1, 0.15) is 12.0 Å². The van der Waals surface area contributed by atoms with Crippen LogP contribution in [0.2, 0.25) is 0 Å². The number of aromatic hydroxyl groups is 1. The van der Waals surface area contributed by atoms with E-state index in [0.717, 1.165) is 17.7 Å². The van der Waals surface area contributed by atoms with Gasteiger partial charge in [-0.2, -0.15) is 0 Å². The molecule has 17 heavy (non-hydrogen) atoms. The molecule has 0 aliphatic rings. The van der Waals surface area contributed by atoms with E-state index in [1.165, 1.54) is 0 Å². The van der Waals surface area contributed by atoms with Gasteiger partial charge in [0, 0.05) is 18.0 Å². The van der Waals surface area contributed by atoms with Gasteiger partial charge in [0.2, 0.25) is 5.89 Å². The van der Waals surface area contributed by atoms with Crippen molar-refractivity contribution < 1.29 is 9.52 Å². The third kappa shape index (κ3) is 2.85. The number of benzene rings is 1. The van der Waals surface area contributed by atoms with Gasteiger partial charge in [-0.15, -0.1) is 0 Å². The molecule has 2 rings (SSSR count). The molecule has 1 heterocycles. The first kappa shape index (κ1) is 11.7. The lowest BCUT2D eigenvalue weighted by Gasteiger charge is -2.05. The summed E-state index contributed by atoms with van der Waals surface area (Å²) in [6.07, 6.45) is 2.51. The monoisotopic (exact) mass is 232 g/mol. The first-order valence-electron chi connectivity index (χ1n) is 5.60. The summed E-state index contributed by atoms with van der Waals surface area (Å²) in [6, 6.07) is 7.18. The lowest BCUT2D eigenvalue weighted by Crippen LogP contribution is -2.23. The molecule has 4 heteroatoms. The second-order valence-corrected chi connectivity index (χ2v) is 4.08. The Bertz CT molecular complexity index is 476. The van der Waals surface area contributed by atoms with Crippen molar-refractivity contribution in [3.05, 3.63) is 36.2 Å². The Morgan fingerprint density at radius 3 is 2.71 bits per heavy atom. The Morgan fingerprint density at radius 2 is 2.06 bits per heavy atom. The van der Waals surface area contributed by atoms with Crippen molar-refractivity contribution in [2.24, 2.45) is 0 Å². The van der Waals surface area contributed by atoms with Crippen LogP contribution in [0.4, 0.5) is 0 Å². The predicted octanol–water partition coefficient (Wildman–Crippen LogP) is 2.20. The second-order valence-electron chi connectivity index (χ2n) is 4.08. The zero-order valence-corrected chi connectivity index (χ0v) is 9.97. The third-order valence-electron chi connectivity index (χ3n) is 2.67. The van der Waals surface area contributed by atoms with Crippen LogP contribution < -0.4 is 5.32 Å². The lowest BCUT2D eigenvalue weighted by molar-refractivity contribution is 0.475. The number of hydrogen-bond acceptors (Lipinski definition) is 4. The summed E-state index contributed by atoms with van der Waals surface area (Å²) in [6.45, 7) is 2.09. The predicted molar refractivity (Wildman–Crippen MR) is 65.8 cm³/mol. The van der Waals surface area contributed by atoms with E-state index in [1.54, 1.807) is 30.5 Å². The number of hydrogen-bond donors (Lipinski definition) is 2. The minimum Gasteiger partial charge on any atom is -0.508 e. The molecule has 1 unspecified atom stereocenters. The van der Waals surface area contributed by atoms with E-state index < -0.39 is 0 Å².